The van der Waals surface area contributed by atoms with E-state index in [4.69, 9.17) is 17.7 Å². The first-order valence-corrected chi connectivity index (χ1v) is 9.67. The molecule has 0 aliphatic rings. The molecule has 0 bridgehead atoms. The molecule has 2 amide bonds. The molecule has 0 atom stereocenters. The van der Waals surface area contributed by atoms with Crippen molar-refractivity contribution in [3.8, 4) is 11.5 Å². The van der Waals surface area contributed by atoms with Crippen LogP contribution in [-0.4, -0.2) is 49.2 Å². The Labute approximate surface area is 186 Å². The van der Waals surface area contributed by atoms with Gasteiger partial charge in [0.25, 0.3) is 0 Å². The molecule has 0 N–H and O–H groups in total. The number of aryl methyl sites for hydroxylation is 2. The normalized spacial score (nSPS) is 14.2. The lowest BCUT2D eigenvalue weighted by Gasteiger charge is -2.17. The van der Waals surface area contributed by atoms with Gasteiger partial charge in [-0.05, 0) is 25.0 Å². The molecule has 0 spiro atoms. The smallest absolute Gasteiger partial charge is 0.404 e. The van der Waals surface area contributed by atoms with E-state index in [0.717, 1.165) is 34.8 Å². The van der Waals surface area contributed by atoms with Crippen molar-refractivity contribution in [1.29, 1.82) is 0 Å². The maximum atomic E-state index is 12.2. The average molecular weight is 423 g/mol. The number of rotatable bonds is 9. The number of ether oxygens (including phenoxy) is 2. The second-order valence-corrected chi connectivity index (χ2v) is 6.89. The summed E-state index contributed by atoms with van der Waals surface area (Å²) in [6, 6.07) is 6.01. The van der Waals surface area contributed by atoms with Gasteiger partial charge in [0.1, 0.15) is 22.2 Å². The third-order valence-corrected chi connectivity index (χ3v) is 4.32. The van der Waals surface area contributed by atoms with Gasteiger partial charge in [0.05, 0.1) is 0 Å². The molecule has 30 heavy (non-hydrogen) atoms. The first kappa shape index (κ1) is 15.6. The SMILES string of the molecule is [2H]C([2H])([2H])[n+]1cccc(OC(=O)N(C)CCCCCCN(C)C(=O)Oc2ccc[n+](C([2H])([2H])[2H])c2)c1. The fourth-order valence-corrected chi connectivity index (χ4v) is 2.62. The molecule has 0 aliphatic heterocycles. The number of nitrogens with zero attached hydrogens (tertiary/aromatic N) is 4. The van der Waals surface area contributed by atoms with Crippen molar-refractivity contribution in [2.24, 2.45) is 14.0 Å². The van der Waals surface area contributed by atoms with E-state index in [9.17, 15) is 9.59 Å². The van der Waals surface area contributed by atoms with Gasteiger partial charge in [-0.25, -0.2) is 18.7 Å². The highest BCUT2D eigenvalue weighted by molar-refractivity contribution is 5.70. The summed E-state index contributed by atoms with van der Waals surface area (Å²) in [6.07, 6.45) is 7.19. The van der Waals surface area contributed by atoms with Crippen LogP contribution < -0.4 is 18.6 Å². The van der Waals surface area contributed by atoms with Gasteiger partial charge >= 0.3 is 12.2 Å². The minimum atomic E-state index is -2.36. The summed E-state index contributed by atoms with van der Waals surface area (Å²) in [7, 11) is 3.21. The maximum absolute atomic E-state index is 12.2. The number of amides is 2. The molecule has 162 valence electrons. The monoisotopic (exact) mass is 422 g/mol. The number of pyridine rings is 2. The van der Waals surface area contributed by atoms with Crippen molar-refractivity contribution in [3.05, 3.63) is 49.1 Å². The molecule has 0 saturated carbocycles. The second-order valence-electron chi connectivity index (χ2n) is 6.89. The lowest BCUT2D eigenvalue weighted by atomic mass is 10.2. The number of unbranched alkanes of at least 4 members (excludes halogenated alkanes) is 3. The van der Waals surface area contributed by atoms with Gasteiger partial charge in [0, 0.05) is 39.3 Å². The zero-order chi connectivity index (χ0) is 26.9. The van der Waals surface area contributed by atoms with Crippen LogP contribution in [-0.2, 0) is 14.0 Å². The Kier molecular flexibility index (Phi) is 6.13. The largest absolute Gasteiger partial charge is 0.415 e. The first-order chi connectivity index (χ1) is 16.8. The predicted octanol–water partition coefficient (Wildman–Crippen LogP) is 2.46. The van der Waals surface area contributed by atoms with Crippen molar-refractivity contribution in [2.75, 3.05) is 27.2 Å². The molecule has 8 nitrogen and oxygen atoms in total. The van der Waals surface area contributed by atoms with E-state index in [-0.39, 0.29) is 11.5 Å². The van der Waals surface area contributed by atoms with Gasteiger partial charge in [0.15, 0.2) is 23.9 Å². The Balaban J connectivity index is 1.66. The van der Waals surface area contributed by atoms with Crippen LogP contribution in [0, 0.1) is 0 Å². The Morgan fingerprint density at radius 3 is 1.67 bits per heavy atom. The van der Waals surface area contributed by atoms with Gasteiger partial charge in [-0.1, -0.05) is 12.8 Å². The van der Waals surface area contributed by atoms with Crippen LogP contribution in [0.5, 0.6) is 11.5 Å². The maximum Gasteiger partial charge on any atom is 0.415 e. The summed E-state index contributed by atoms with van der Waals surface area (Å²) in [5, 5.41) is 0. The summed E-state index contributed by atoms with van der Waals surface area (Å²) < 4.78 is 56.9. The van der Waals surface area contributed by atoms with E-state index in [1.807, 2.05) is 0 Å². The van der Waals surface area contributed by atoms with E-state index in [0.29, 0.717) is 13.1 Å². The Morgan fingerprint density at radius 1 is 0.833 bits per heavy atom. The van der Waals surface area contributed by atoms with Gasteiger partial charge in [0.2, 0.25) is 12.4 Å². The van der Waals surface area contributed by atoms with E-state index >= 15 is 0 Å². The molecule has 0 saturated heterocycles. The summed E-state index contributed by atoms with van der Waals surface area (Å²) in [4.78, 5) is 27.3. The van der Waals surface area contributed by atoms with E-state index < -0.39 is 26.1 Å². The molecule has 2 heterocycles. The lowest BCUT2D eigenvalue weighted by Crippen LogP contribution is -2.32. The number of hydrogen-bond acceptors (Lipinski definition) is 4. The van der Waals surface area contributed by atoms with Gasteiger partial charge < -0.3 is 19.3 Å². The molecule has 0 unspecified atom stereocenters. The summed E-state index contributed by atoms with van der Waals surface area (Å²) in [5.74, 6) is 0.285. The van der Waals surface area contributed by atoms with Gasteiger partial charge in [-0.3, -0.25) is 0 Å². The van der Waals surface area contributed by atoms with E-state index in [1.165, 1.54) is 58.9 Å². The van der Waals surface area contributed by atoms with Crippen molar-refractivity contribution in [1.82, 2.24) is 9.80 Å². The molecule has 0 aliphatic carbocycles. The fourth-order valence-electron chi connectivity index (χ4n) is 2.62. The Morgan fingerprint density at radius 2 is 1.27 bits per heavy atom. The van der Waals surface area contributed by atoms with Crippen LogP contribution in [0.4, 0.5) is 9.59 Å². The minimum Gasteiger partial charge on any atom is -0.404 e. The van der Waals surface area contributed by atoms with Crippen LogP contribution in [0.25, 0.3) is 0 Å². The predicted molar refractivity (Wildman–Crippen MR) is 111 cm³/mol. The average Bonchev–Trinajstić information content (AvgIpc) is 2.80. The van der Waals surface area contributed by atoms with Crippen LogP contribution in [0.1, 0.15) is 33.9 Å². The topological polar surface area (TPSA) is 66.8 Å². The summed E-state index contributed by atoms with van der Waals surface area (Å²) >= 11 is 0. The number of hydrogen-bond donors (Lipinski definition) is 0. The van der Waals surface area contributed by atoms with E-state index in [1.54, 1.807) is 14.1 Å². The molecule has 0 aromatic carbocycles. The second kappa shape index (κ2) is 11.7. The lowest BCUT2D eigenvalue weighted by molar-refractivity contribution is -0.671. The van der Waals surface area contributed by atoms with Crippen LogP contribution in [0.2, 0.25) is 0 Å². The fraction of sp³-hybridized carbons (Fsp3) is 0.455. The molecule has 0 radical (unpaired) electrons. The van der Waals surface area contributed by atoms with Crippen molar-refractivity contribution in [2.45, 2.75) is 25.7 Å². The zero-order valence-corrected chi connectivity index (χ0v) is 17.3. The van der Waals surface area contributed by atoms with Crippen molar-refractivity contribution >= 4 is 12.2 Å². The number of aromatic nitrogens is 2. The first-order valence-electron chi connectivity index (χ1n) is 12.7. The molecule has 8 heteroatoms. The number of carbonyl (C=O) groups is 2. The number of carbonyl (C=O) groups excluding carboxylic acids is 2. The zero-order valence-electron chi connectivity index (χ0n) is 23.3. The third kappa shape index (κ3) is 8.06. The highest BCUT2D eigenvalue weighted by Gasteiger charge is 2.14. The molecular weight excluding hydrogens is 384 g/mol. The molecule has 2 aromatic rings. The molecular formula is C22H32N4O4+2. The summed E-state index contributed by atoms with van der Waals surface area (Å²) in [6.45, 7) is -3.80. The van der Waals surface area contributed by atoms with Crippen molar-refractivity contribution < 1.29 is 36.4 Å². The third-order valence-electron chi connectivity index (χ3n) is 4.32. The highest BCUT2D eigenvalue weighted by Crippen LogP contribution is 2.10. The van der Waals surface area contributed by atoms with Crippen molar-refractivity contribution in [3.63, 3.8) is 0 Å². The van der Waals surface area contributed by atoms with Gasteiger partial charge in [-0.15, -0.1) is 0 Å². The Hall–Kier alpha value is -3.16. The molecule has 2 rings (SSSR count). The summed E-state index contributed by atoms with van der Waals surface area (Å²) in [5.41, 5.74) is 0. The van der Waals surface area contributed by atoms with Crippen LogP contribution in [0.3, 0.4) is 0 Å². The quantitative estimate of drug-likeness (QED) is 0.460. The molecule has 2 aromatic heterocycles. The standard InChI is InChI=1S/C22H32N4O4/c1-23-13-9-11-19(17-23)29-21(27)25(3)15-7-5-6-8-16-26(4)22(28)30-20-12-10-14-24(2)18-20/h9-14,17-18H,5-8,15-16H2,1-4H3/q+2/i1D3,2D3. The van der Waals surface area contributed by atoms with E-state index in [2.05, 4.69) is 0 Å². The van der Waals surface area contributed by atoms with Crippen LogP contribution >= 0.6 is 0 Å². The highest BCUT2D eigenvalue weighted by atomic mass is 16.6. The minimum absolute atomic E-state index is 0.143. The van der Waals surface area contributed by atoms with Gasteiger partial charge in [-0.2, -0.15) is 0 Å². The molecule has 0 fully saturated rings. The van der Waals surface area contributed by atoms with Crippen LogP contribution in [0.15, 0.2) is 49.1 Å². The Bertz CT molecular complexity index is 951.